The first-order valence-corrected chi connectivity index (χ1v) is 16.9. The number of morpholine rings is 1. The van der Waals surface area contributed by atoms with Crippen molar-refractivity contribution in [3.8, 4) is 11.8 Å². The third kappa shape index (κ3) is 9.27. The van der Waals surface area contributed by atoms with Crippen molar-refractivity contribution in [2.24, 2.45) is 0 Å². The molecule has 7 rings (SSSR count). The van der Waals surface area contributed by atoms with Gasteiger partial charge in [0, 0.05) is 54.8 Å². The Hall–Kier alpha value is -5.13. The Morgan fingerprint density at radius 1 is 1.00 bits per heavy atom. The van der Waals surface area contributed by atoms with Crippen LogP contribution in [0.2, 0.25) is 0 Å². The smallest absolute Gasteiger partial charge is 0.316 e. The van der Waals surface area contributed by atoms with Gasteiger partial charge in [-0.15, -0.1) is 0 Å². The van der Waals surface area contributed by atoms with Crippen LogP contribution in [0.3, 0.4) is 0 Å². The summed E-state index contributed by atoms with van der Waals surface area (Å²) in [5, 5.41) is 8.42. The van der Waals surface area contributed by atoms with Gasteiger partial charge in [-0.1, -0.05) is 54.6 Å². The molecule has 0 radical (unpaired) electrons. The van der Waals surface area contributed by atoms with Crippen molar-refractivity contribution >= 4 is 39.2 Å². The first kappa shape index (κ1) is 33.8. The van der Waals surface area contributed by atoms with E-state index in [1.165, 1.54) is 0 Å². The third-order valence-corrected chi connectivity index (χ3v) is 8.63. The van der Waals surface area contributed by atoms with Crippen molar-refractivity contribution in [3.05, 3.63) is 97.0 Å². The number of para-hydroxylation sites is 1. The number of methoxy groups -OCH3 is 1. The standard InChI is InChI=1S/C29H35N5O3.C9H8N2O/c1-21(22-8-3-2-4-9-22)32-29-24-18-26(33-28(35)12-7-13-34-14-16-36-17-15-34)27(19-25(24)30-20-31-29)37-23-10-5-6-11-23;1-12-9-10-6-7-4-2-3-5-8(7)11-9/h2-4,7-9,12,18-21,23H,5-6,10-11,13-17H2,1H3,(H,33,35)(H,30,31,32);2-6H,1H3/t21-;/m1./s1. The zero-order valence-electron chi connectivity index (χ0n) is 28.0. The molecule has 3 heterocycles. The van der Waals surface area contributed by atoms with Crippen molar-refractivity contribution in [2.75, 3.05) is 50.6 Å². The number of aromatic nitrogens is 4. The quantitative estimate of drug-likeness (QED) is 0.159. The van der Waals surface area contributed by atoms with E-state index in [1.807, 2.05) is 60.7 Å². The fourth-order valence-electron chi connectivity index (χ4n) is 5.93. The second-order valence-electron chi connectivity index (χ2n) is 12.1. The van der Waals surface area contributed by atoms with Crippen molar-refractivity contribution in [1.82, 2.24) is 24.8 Å². The number of rotatable bonds is 10. The molecule has 11 heteroatoms. The minimum absolute atomic E-state index is 0.0508. The number of carbonyl (C=O) groups is 1. The van der Waals surface area contributed by atoms with Gasteiger partial charge in [-0.2, -0.15) is 4.98 Å². The summed E-state index contributed by atoms with van der Waals surface area (Å²) in [6.07, 6.45) is 11.3. The Kier molecular flexibility index (Phi) is 11.6. The van der Waals surface area contributed by atoms with Crippen LogP contribution in [-0.2, 0) is 9.53 Å². The lowest BCUT2D eigenvalue weighted by molar-refractivity contribution is -0.111. The number of nitrogens with one attached hydrogen (secondary N) is 2. The number of ether oxygens (including phenoxy) is 3. The topological polar surface area (TPSA) is 124 Å². The molecule has 1 atom stereocenters. The average molecular weight is 662 g/mol. The van der Waals surface area contributed by atoms with Crippen LogP contribution < -0.4 is 20.1 Å². The number of hydrogen-bond donors (Lipinski definition) is 2. The highest BCUT2D eigenvalue weighted by Crippen LogP contribution is 2.36. The van der Waals surface area contributed by atoms with E-state index in [2.05, 4.69) is 54.5 Å². The maximum Gasteiger partial charge on any atom is 0.316 e. The summed E-state index contributed by atoms with van der Waals surface area (Å²) < 4.78 is 16.7. The fraction of sp³-hybridized carbons (Fsp3) is 0.342. The Balaban J connectivity index is 0.000000291. The van der Waals surface area contributed by atoms with Crippen LogP contribution in [-0.4, -0.2) is 76.8 Å². The lowest BCUT2D eigenvalue weighted by Gasteiger charge is -2.25. The summed E-state index contributed by atoms with van der Waals surface area (Å²) in [5.41, 5.74) is 3.47. The van der Waals surface area contributed by atoms with Crippen LogP contribution >= 0.6 is 0 Å². The largest absolute Gasteiger partial charge is 0.488 e. The maximum atomic E-state index is 12.9. The molecule has 1 saturated heterocycles. The number of amides is 1. The number of fused-ring (bicyclic) bond motifs is 2. The molecule has 2 fully saturated rings. The summed E-state index contributed by atoms with van der Waals surface area (Å²) in [4.78, 5) is 32.3. The zero-order chi connectivity index (χ0) is 33.8. The van der Waals surface area contributed by atoms with Crippen LogP contribution in [0.15, 0.2) is 91.4 Å². The molecular weight excluding hydrogens is 618 g/mol. The number of carbonyl (C=O) groups excluding carboxylic acids is 1. The Labute approximate surface area is 286 Å². The molecule has 0 spiro atoms. The van der Waals surface area contributed by atoms with Gasteiger partial charge in [0.1, 0.15) is 17.9 Å². The van der Waals surface area contributed by atoms with E-state index in [-0.39, 0.29) is 18.1 Å². The number of hydrogen-bond acceptors (Lipinski definition) is 10. The molecule has 2 aliphatic rings. The molecule has 11 nitrogen and oxygen atoms in total. The molecule has 1 amide bonds. The van der Waals surface area contributed by atoms with E-state index in [0.29, 0.717) is 23.3 Å². The SMILES string of the molecule is COc1ncc2ccccc2n1.C[C@@H](Nc1ncnc2cc(OC3CCCC3)c(NC(=O)C=CCN3CCOCC3)cc12)c1ccccc1. The molecule has 5 aromatic rings. The van der Waals surface area contributed by atoms with Gasteiger partial charge in [0.2, 0.25) is 5.91 Å². The van der Waals surface area contributed by atoms with Crippen LogP contribution in [0, 0.1) is 0 Å². The molecule has 1 aliphatic heterocycles. The van der Waals surface area contributed by atoms with Crippen LogP contribution in [0.5, 0.6) is 11.8 Å². The number of anilines is 2. The normalized spacial score (nSPS) is 15.9. The van der Waals surface area contributed by atoms with E-state index in [9.17, 15) is 4.79 Å². The predicted octanol–water partition coefficient (Wildman–Crippen LogP) is 6.59. The van der Waals surface area contributed by atoms with Gasteiger partial charge < -0.3 is 24.8 Å². The van der Waals surface area contributed by atoms with Gasteiger partial charge in [-0.3, -0.25) is 9.69 Å². The van der Waals surface area contributed by atoms with Gasteiger partial charge >= 0.3 is 6.01 Å². The fourth-order valence-corrected chi connectivity index (χ4v) is 5.93. The van der Waals surface area contributed by atoms with Gasteiger partial charge in [-0.25, -0.2) is 15.0 Å². The van der Waals surface area contributed by atoms with E-state index < -0.39 is 0 Å². The second-order valence-corrected chi connectivity index (χ2v) is 12.1. The molecular formula is C38H43N7O4. The Morgan fingerprint density at radius 3 is 2.57 bits per heavy atom. The minimum Gasteiger partial charge on any atom is -0.488 e. The highest BCUT2D eigenvalue weighted by molar-refractivity contribution is 6.03. The Bertz CT molecular complexity index is 1860. The maximum absolute atomic E-state index is 12.9. The van der Waals surface area contributed by atoms with E-state index in [1.54, 1.807) is 25.7 Å². The zero-order valence-corrected chi connectivity index (χ0v) is 28.0. The van der Waals surface area contributed by atoms with Crippen molar-refractivity contribution in [1.29, 1.82) is 0 Å². The van der Waals surface area contributed by atoms with Crippen LogP contribution in [0.1, 0.15) is 44.2 Å². The monoisotopic (exact) mass is 661 g/mol. The Morgan fingerprint density at radius 2 is 1.78 bits per heavy atom. The lowest BCUT2D eigenvalue weighted by Crippen LogP contribution is -2.36. The first-order chi connectivity index (χ1) is 24.1. The van der Waals surface area contributed by atoms with Crippen LogP contribution in [0.25, 0.3) is 21.8 Å². The number of nitrogens with zero attached hydrogens (tertiary/aromatic N) is 5. The van der Waals surface area contributed by atoms with Crippen molar-refractivity contribution in [3.63, 3.8) is 0 Å². The molecule has 0 unspecified atom stereocenters. The van der Waals surface area contributed by atoms with Crippen molar-refractivity contribution in [2.45, 2.75) is 44.8 Å². The molecule has 254 valence electrons. The van der Waals surface area contributed by atoms with Gasteiger partial charge in [0.15, 0.2) is 0 Å². The second kappa shape index (κ2) is 16.8. The summed E-state index contributed by atoms with van der Waals surface area (Å²) in [7, 11) is 1.56. The summed E-state index contributed by atoms with van der Waals surface area (Å²) in [6, 6.07) is 22.3. The summed E-state index contributed by atoms with van der Waals surface area (Å²) in [6.45, 7) is 6.06. The highest BCUT2D eigenvalue weighted by Gasteiger charge is 2.20. The molecule has 3 aromatic carbocycles. The van der Waals surface area contributed by atoms with E-state index in [4.69, 9.17) is 14.2 Å². The molecule has 0 bridgehead atoms. The van der Waals surface area contributed by atoms with Gasteiger partial charge in [-0.05, 0) is 50.3 Å². The van der Waals surface area contributed by atoms with Gasteiger partial charge in [0.05, 0.1) is 43.1 Å². The predicted molar refractivity (Wildman–Crippen MR) is 192 cm³/mol. The summed E-state index contributed by atoms with van der Waals surface area (Å²) in [5.74, 6) is 1.18. The summed E-state index contributed by atoms with van der Waals surface area (Å²) >= 11 is 0. The average Bonchev–Trinajstić information content (AvgIpc) is 3.66. The third-order valence-electron chi connectivity index (χ3n) is 8.63. The van der Waals surface area contributed by atoms with E-state index >= 15 is 0 Å². The molecule has 1 aliphatic carbocycles. The first-order valence-electron chi connectivity index (χ1n) is 16.9. The van der Waals surface area contributed by atoms with Crippen LogP contribution in [0.4, 0.5) is 11.5 Å². The lowest BCUT2D eigenvalue weighted by atomic mass is 10.1. The van der Waals surface area contributed by atoms with E-state index in [0.717, 1.165) is 85.9 Å². The minimum atomic E-state index is -0.187. The molecule has 1 saturated carbocycles. The van der Waals surface area contributed by atoms with Crippen molar-refractivity contribution < 1.29 is 19.0 Å². The number of benzene rings is 3. The molecule has 2 aromatic heterocycles. The molecule has 2 N–H and O–H groups in total. The highest BCUT2D eigenvalue weighted by atomic mass is 16.5. The molecule has 49 heavy (non-hydrogen) atoms. The van der Waals surface area contributed by atoms with Gasteiger partial charge in [0.25, 0.3) is 0 Å².